The van der Waals surface area contributed by atoms with Gasteiger partial charge < -0.3 is 5.32 Å². The van der Waals surface area contributed by atoms with Crippen molar-refractivity contribution in [3.05, 3.63) is 0 Å². The number of amides is 3. The summed E-state index contributed by atoms with van der Waals surface area (Å²) in [7, 11) is 0. The van der Waals surface area contributed by atoms with E-state index in [1.807, 2.05) is 6.92 Å². The fraction of sp³-hybridized carbons (Fsp3) is 0.833. The molecule has 0 spiro atoms. The lowest BCUT2D eigenvalue weighted by Crippen LogP contribution is -2.59. The number of hydrogen-bond donors (Lipinski definition) is 1. The van der Waals surface area contributed by atoms with Crippen LogP contribution >= 0.6 is 0 Å². The van der Waals surface area contributed by atoms with Crippen molar-refractivity contribution >= 4 is 11.9 Å². The monoisotopic (exact) mass is 224 g/mol. The Hall–Kier alpha value is -1.06. The second-order valence-electron chi connectivity index (χ2n) is 4.79. The van der Waals surface area contributed by atoms with Crippen LogP contribution in [0.3, 0.4) is 0 Å². The standard InChI is InChI=1S/C12H20N2O2/c1-2-8-14-11(15)9-6-4-3-5-7-10(9)13-12(14)16/h9-10H,2-8H2,1H3,(H,13,16). The van der Waals surface area contributed by atoms with Gasteiger partial charge in [0, 0.05) is 12.6 Å². The summed E-state index contributed by atoms with van der Waals surface area (Å²) in [6.07, 6.45) is 6.15. The lowest BCUT2D eigenvalue weighted by Gasteiger charge is -2.36. The molecule has 3 amide bonds. The molecule has 0 aromatic heterocycles. The summed E-state index contributed by atoms with van der Waals surface area (Å²) in [6.45, 7) is 2.54. The number of carbonyl (C=O) groups is 2. The Balaban J connectivity index is 2.12. The minimum atomic E-state index is -0.185. The maximum Gasteiger partial charge on any atom is 0.324 e. The van der Waals surface area contributed by atoms with Crippen molar-refractivity contribution in [2.45, 2.75) is 51.5 Å². The van der Waals surface area contributed by atoms with Crippen molar-refractivity contribution in [3.8, 4) is 0 Å². The lowest BCUT2D eigenvalue weighted by molar-refractivity contribution is -0.135. The molecule has 2 atom stereocenters. The minimum Gasteiger partial charge on any atom is -0.334 e. The molecule has 0 aromatic carbocycles. The third-order valence-electron chi connectivity index (χ3n) is 3.60. The van der Waals surface area contributed by atoms with Gasteiger partial charge in [-0.25, -0.2) is 4.79 Å². The molecular formula is C12H20N2O2. The van der Waals surface area contributed by atoms with E-state index >= 15 is 0 Å². The van der Waals surface area contributed by atoms with Gasteiger partial charge in [0.15, 0.2) is 0 Å². The van der Waals surface area contributed by atoms with Crippen LogP contribution in [0.5, 0.6) is 0 Å². The van der Waals surface area contributed by atoms with Gasteiger partial charge in [0.05, 0.1) is 5.92 Å². The number of fused-ring (bicyclic) bond motifs is 1. The molecule has 90 valence electrons. The largest absolute Gasteiger partial charge is 0.334 e. The predicted octanol–water partition coefficient (Wildman–Crippen LogP) is 1.90. The highest BCUT2D eigenvalue weighted by molar-refractivity contribution is 5.98. The summed E-state index contributed by atoms with van der Waals surface area (Å²) in [5, 5.41) is 2.99. The van der Waals surface area contributed by atoms with Gasteiger partial charge in [-0.3, -0.25) is 9.69 Å². The lowest BCUT2D eigenvalue weighted by atomic mass is 9.91. The number of hydrogen-bond acceptors (Lipinski definition) is 2. The molecule has 2 rings (SSSR count). The van der Waals surface area contributed by atoms with E-state index in [0.29, 0.717) is 6.54 Å². The van der Waals surface area contributed by atoms with Crippen molar-refractivity contribution in [1.82, 2.24) is 10.2 Å². The molecule has 0 radical (unpaired) electrons. The van der Waals surface area contributed by atoms with E-state index in [2.05, 4.69) is 5.32 Å². The van der Waals surface area contributed by atoms with Gasteiger partial charge in [-0.2, -0.15) is 0 Å². The number of nitrogens with zero attached hydrogens (tertiary/aromatic N) is 1. The SMILES string of the molecule is CCCN1C(=O)NC2CCCCCC2C1=O. The normalized spacial score (nSPS) is 30.7. The highest BCUT2D eigenvalue weighted by Gasteiger charge is 2.40. The summed E-state index contributed by atoms with van der Waals surface area (Å²) in [5.41, 5.74) is 0. The van der Waals surface area contributed by atoms with E-state index in [9.17, 15) is 9.59 Å². The average molecular weight is 224 g/mol. The molecule has 4 heteroatoms. The third kappa shape index (κ3) is 2.06. The van der Waals surface area contributed by atoms with Crippen molar-refractivity contribution in [1.29, 1.82) is 0 Å². The Labute approximate surface area is 96.4 Å². The molecule has 1 N–H and O–H groups in total. The Morgan fingerprint density at radius 2 is 2.00 bits per heavy atom. The van der Waals surface area contributed by atoms with Crippen LogP contribution in [0.25, 0.3) is 0 Å². The average Bonchev–Trinajstić information content (AvgIpc) is 2.49. The van der Waals surface area contributed by atoms with Gasteiger partial charge in [0.1, 0.15) is 0 Å². The first kappa shape index (κ1) is 11.4. The minimum absolute atomic E-state index is 0.0340. The highest BCUT2D eigenvalue weighted by Crippen LogP contribution is 2.28. The summed E-state index contributed by atoms with van der Waals surface area (Å²) in [4.78, 5) is 25.3. The predicted molar refractivity (Wildman–Crippen MR) is 60.9 cm³/mol. The summed E-state index contributed by atoms with van der Waals surface area (Å²) < 4.78 is 0. The molecule has 1 aliphatic heterocycles. The Morgan fingerprint density at radius 3 is 2.75 bits per heavy atom. The smallest absolute Gasteiger partial charge is 0.324 e. The first-order valence-corrected chi connectivity index (χ1v) is 6.36. The number of nitrogens with one attached hydrogen (secondary N) is 1. The zero-order valence-corrected chi connectivity index (χ0v) is 9.87. The van der Waals surface area contributed by atoms with Crippen molar-refractivity contribution in [2.24, 2.45) is 5.92 Å². The van der Waals surface area contributed by atoms with Crippen LogP contribution < -0.4 is 5.32 Å². The fourth-order valence-electron chi connectivity index (χ4n) is 2.75. The zero-order chi connectivity index (χ0) is 11.5. The number of rotatable bonds is 2. The van der Waals surface area contributed by atoms with Gasteiger partial charge in [-0.1, -0.05) is 26.2 Å². The second kappa shape index (κ2) is 4.85. The molecule has 0 aromatic rings. The maximum absolute atomic E-state index is 12.2. The van der Waals surface area contributed by atoms with Gasteiger partial charge in [-0.15, -0.1) is 0 Å². The van der Waals surface area contributed by atoms with Gasteiger partial charge >= 0.3 is 6.03 Å². The van der Waals surface area contributed by atoms with Crippen molar-refractivity contribution in [3.63, 3.8) is 0 Å². The summed E-state index contributed by atoms with van der Waals surface area (Å²) in [6, 6.07) is -0.0920. The van der Waals surface area contributed by atoms with E-state index < -0.39 is 0 Å². The molecule has 16 heavy (non-hydrogen) atoms. The summed E-state index contributed by atoms with van der Waals surface area (Å²) in [5.74, 6) is 0.0873. The third-order valence-corrected chi connectivity index (χ3v) is 3.60. The maximum atomic E-state index is 12.2. The van der Waals surface area contributed by atoms with E-state index in [1.165, 1.54) is 11.3 Å². The Bertz CT molecular complexity index is 291. The summed E-state index contributed by atoms with van der Waals surface area (Å²) >= 11 is 0. The van der Waals surface area contributed by atoms with E-state index in [1.54, 1.807) is 0 Å². The number of imide groups is 1. The van der Waals surface area contributed by atoms with Gasteiger partial charge in [-0.05, 0) is 19.3 Å². The molecule has 1 saturated heterocycles. The Kier molecular flexibility index (Phi) is 3.46. The van der Waals surface area contributed by atoms with Crippen molar-refractivity contribution in [2.75, 3.05) is 6.54 Å². The van der Waals surface area contributed by atoms with Crippen LogP contribution in [0.4, 0.5) is 4.79 Å². The zero-order valence-electron chi connectivity index (χ0n) is 9.87. The quantitative estimate of drug-likeness (QED) is 0.778. The molecular weight excluding hydrogens is 204 g/mol. The van der Waals surface area contributed by atoms with Crippen molar-refractivity contribution < 1.29 is 9.59 Å². The molecule has 1 aliphatic carbocycles. The van der Waals surface area contributed by atoms with Crippen LogP contribution in [0.15, 0.2) is 0 Å². The topological polar surface area (TPSA) is 49.4 Å². The van der Waals surface area contributed by atoms with E-state index in [0.717, 1.165) is 32.1 Å². The highest BCUT2D eigenvalue weighted by atomic mass is 16.2. The second-order valence-corrected chi connectivity index (χ2v) is 4.79. The number of carbonyl (C=O) groups excluding carboxylic acids is 2. The molecule has 2 unspecified atom stereocenters. The molecule has 1 heterocycles. The molecule has 2 aliphatic rings. The van der Waals surface area contributed by atoms with E-state index in [-0.39, 0.29) is 23.9 Å². The first-order valence-electron chi connectivity index (χ1n) is 6.36. The van der Waals surface area contributed by atoms with Crippen LogP contribution in [-0.4, -0.2) is 29.4 Å². The van der Waals surface area contributed by atoms with Gasteiger partial charge in [0.2, 0.25) is 5.91 Å². The molecule has 4 nitrogen and oxygen atoms in total. The molecule has 0 bridgehead atoms. The fourth-order valence-corrected chi connectivity index (χ4v) is 2.75. The molecule has 2 fully saturated rings. The van der Waals surface area contributed by atoms with Crippen LogP contribution in [0.2, 0.25) is 0 Å². The van der Waals surface area contributed by atoms with Gasteiger partial charge in [0.25, 0.3) is 0 Å². The number of urea groups is 1. The first-order chi connectivity index (χ1) is 7.74. The van der Waals surface area contributed by atoms with Crippen LogP contribution in [-0.2, 0) is 4.79 Å². The van der Waals surface area contributed by atoms with Crippen LogP contribution in [0.1, 0.15) is 45.4 Å². The van der Waals surface area contributed by atoms with E-state index in [4.69, 9.17) is 0 Å². The van der Waals surface area contributed by atoms with Crippen LogP contribution in [0, 0.1) is 5.92 Å². The molecule has 1 saturated carbocycles. The Morgan fingerprint density at radius 1 is 1.25 bits per heavy atom.